The summed E-state index contributed by atoms with van der Waals surface area (Å²) in [5, 5.41) is 9.03. The van der Waals surface area contributed by atoms with E-state index < -0.39 is 17.7 Å². The standard InChI is InChI=1S/C14H15ClFNO3/c1-8(14(19)20)12-3-2-6-17(12)13(18)9-4-5-10(15)11(16)7-9/h4-5,7-8,12H,2-3,6H2,1H3,(H,19,20). The van der Waals surface area contributed by atoms with Gasteiger partial charge in [-0.25, -0.2) is 4.39 Å². The Morgan fingerprint density at radius 1 is 1.50 bits per heavy atom. The van der Waals surface area contributed by atoms with Crippen molar-refractivity contribution in [2.75, 3.05) is 6.54 Å². The first-order valence-corrected chi connectivity index (χ1v) is 6.78. The summed E-state index contributed by atoms with van der Waals surface area (Å²) in [6.07, 6.45) is 1.40. The molecular formula is C14H15ClFNO3. The molecule has 2 rings (SSSR count). The van der Waals surface area contributed by atoms with Crippen molar-refractivity contribution >= 4 is 23.5 Å². The summed E-state index contributed by atoms with van der Waals surface area (Å²) in [7, 11) is 0. The SMILES string of the molecule is CC(C(=O)O)C1CCCN1C(=O)c1ccc(Cl)c(F)c1. The molecule has 1 amide bonds. The highest BCUT2D eigenvalue weighted by Gasteiger charge is 2.36. The summed E-state index contributed by atoms with van der Waals surface area (Å²) in [5.74, 6) is -2.58. The summed E-state index contributed by atoms with van der Waals surface area (Å²) in [4.78, 5) is 25.0. The van der Waals surface area contributed by atoms with E-state index in [0.717, 1.165) is 12.5 Å². The van der Waals surface area contributed by atoms with E-state index in [4.69, 9.17) is 16.7 Å². The molecule has 108 valence electrons. The summed E-state index contributed by atoms with van der Waals surface area (Å²) in [6.45, 7) is 2.08. The zero-order valence-corrected chi connectivity index (χ0v) is 11.7. The van der Waals surface area contributed by atoms with Gasteiger partial charge < -0.3 is 10.0 Å². The van der Waals surface area contributed by atoms with Crippen LogP contribution in [0.15, 0.2) is 18.2 Å². The molecule has 0 saturated carbocycles. The maximum atomic E-state index is 13.4. The van der Waals surface area contributed by atoms with Gasteiger partial charge in [-0.15, -0.1) is 0 Å². The Kier molecular flexibility index (Phi) is 4.28. The number of carbonyl (C=O) groups is 2. The fourth-order valence-electron chi connectivity index (χ4n) is 2.52. The van der Waals surface area contributed by atoms with Gasteiger partial charge in [-0.2, -0.15) is 0 Å². The van der Waals surface area contributed by atoms with E-state index in [-0.39, 0.29) is 22.5 Å². The number of amides is 1. The second kappa shape index (κ2) is 5.79. The Labute approximate surface area is 121 Å². The quantitative estimate of drug-likeness (QED) is 0.933. The van der Waals surface area contributed by atoms with Crippen molar-refractivity contribution in [3.63, 3.8) is 0 Å². The van der Waals surface area contributed by atoms with Crippen molar-refractivity contribution in [1.29, 1.82) is 0 Å². The molecule has 20 heavy (non-hydrogen) atoms. The van der Waals surface area contributed by atoms with Gasteiger partial charge in [-0.3, -0.25) is 9.59 Å². The van der Waals surface area contributed by atoms with Crippen LogP contribution in [0.4, 0.5) is 4.39 Å². The molecule has 6 heteroatoms. The number of rotatable bonds is 3. The molecule has 2 unspecified atom stereocenters. The van der Waals surface area contributed by atoms with Crippen LogP contribution in [0.25, 0.3) is 0 Å². The predicted molar refractivity (Wildman–Crippen MR) is 72.3 cm³/mol. The summed E-state index contributed by atoms with van der Waals surface area (Å²) < 4.78 is 13.4. The van der Waals surface area contributed by atoms with Gasteiger partial charge in [-0.05, 0) is 38.0 Å². The van der Waals surface area contributed by atoms with Crippen LogP contribution in [0.3, 0.4) is 0 Å². The number of hydrogen-bond acceptors (Lipinski definition) is 2. The molecule has 0 aromatic heterocycles. The molecule has 1 aliphatic rings. The van der Waals surface area contributed by atoms with Crippen LogP contribution < -0.4 is 0 Å². The van der Waals surface area contributed by atoms with Gasteiger partial charge in [0.1, 0.15) is 5.82 Å². The third-order valence-electron chi connectivity index (χ3n) is 3.69. The second-order valence-electron chi connectivity index (χ2n) is 4.96. The summed E-state index contributed by atoms with van der Waals surface area (Å²) in [5.41, 5.74) is 0.191. The molecule has 1 saturated heterocycles. The van der Waals surface area contributed by atoms with Gasteiger partial charge in [0.15, 0.2) is 0 Å². The smallest absolute Gasteiger partial charge is 0.308 e. The van der Waals surface area contributed by atoms with Crippen LogP contribution in [-0.4, -0.2) is 34.5 Å². The first kappa shape index (κ1) is 14.8. The van der Waals surface area contributed by atoms with Crippen LogP contribution in [0.2, 0.25) is 5.02 Å². The van der Waals surface area contributed by atoms with Gasteiger partial charge in [-0.1, -0.05) is 11.6 Å². The van der Waals surface area contributed by atoms with E-state index >= 15 is 0 Å². The fourth-order valence-corrected chi connectivity index (χ4v) is 2.64. The highest BCUT2D eigenvalue weighted by atomic mass is 35.5. The third-order valence-corrected chi connectivity index (χ3v) is 4.00. The number of halogens is 2. The number of aliphatic carboxylic acids is 1. The Morgan fingerprint density at radius 2 is 2.20 bits per heavy atom. The van der Waals surface area contributed by atoms with E-state index in [1.807, 2.05) is 0 Å². The minimum absolute atomic E-state index is 0.0431. The summed E-state index contributed by atoms with van der Waals surface area (Å²) in [6, 6.07) is 3.52. The van der Waals surface area contributed by atoms with Crippen molar-refractivity contribution in [2.45, 2.75) is 25.8 Å². The highest BCUT2D eigenvalue weighted by Crippen LogP contribution is 2.27. The van der Waals surface area contributed by atoms with Crippen LogP contribution in [-0.2, 0) is 4.79 Å². The highest BCUT2D eigenvalue weighted by molar-refractivity contribution is 6.30. The predicted octanol–water partition coefficient (Wildman–Crippen LogP) is 2.80. The number of carbonyl (C=O) groups excluding carboxylic acids is 1. The zero-order valence-electron chi connectivity index (χ0n) is 11.0. The van der Waals surface area contributed by atoms with Crippen LogP contribution in [0.5, 0.6) is 0 Å². The fraction of sp³-hybridized carbons (Fsp3) is 0.429. The van der Waals surface area contributed by atoms with E-state index in [9.17, 15) is 14.0 Å². The van der Waals surface area contributed by atoms with Crippen LogP contribution in [0, 0.1) is 11.7 Å². The lowest BCUT2D eigenvalue weighted by Gasteiger charge is -2.27. The van der Waals surface area contributed by atoms with Gasteiger partial charge >= 0.3 is 5.97 Å². The molecule has 0 spiro atoms. The minimum atomic E-state index is -0.933. The summed E-state index contributed by atoms with van der Waals surface area (Å²) >= 11 is 5.59. The molecule has 1 aliphatic heterocycles. The second-order valence-corrected chi connectivity index (χ2v) is 5.37. The average Bonchev–Trinajstić information content (AvgIpc) is 2.89. The molecular weight excluding hydrogens is 285 g/mol. The maximum absolute atomic E-state index is 13.4. The van der Waals surface area contributed by atoms with Gasteiger partial charge in [0, 0.05) is 18.2 Å². The lowest BCUT2D eigenvalue weighted by Crippen LogP contribution is -2.41. The molecule has 4 nitrogen and oxygen atoms in total. The Balaban J connectivity index is 2.23. The molecule has 1 aromatic carbocycles. The Morgan fingerprint density at radius 3 is 2.80 bits per heavy atom. The molecule has 0 aliphatic carbocycles. The normalized spacial score (nSPS) is 19.9. The first-order chi connectivity index (χ1) is 9.41. The van der Waals surface area contributed by atoms with Crippen molar-refractivity contribution in [1.82, 2.24) is 4.90 Å². The number of likely N-dealkylation sites (tertiary alicyclic amines) is 1. The monoisotopic (exact) mass is 299 g/mol. The third kappa shape index (κ3) is 2.77. The number of nitrogens with zero attached hydrogens (tertiary/aromatic N) is 1. The number of carboxylic acids is 1. The van der Waals surface area contributed by atoms with Crippen molar-refractivity contribution in [3.05, 3.63) is 34.6 Å². The molecule has 1 N–H and O–H groups in total. The molecule has 0 bridgehead atoms. The molecule has 1 fully saturated rings. The Hall–Kier alpha value is -1.62. The maximum Gasteiger partial charge on any atom is 0.308 e. The van der Waals surface area contributed by atoms with Gasteiger partial charge in [0.05, 0.1) is 10.9 Å². The molecule has 0 radical (unpaired) electrons. The van der Waals surface area contributed by atoms with Gasteiger partial charge in [0.2, 0.25) is 0 Å². The van der Waals surface area contributed by atoms with Crippen molar-refractivity contribution in [2.24, 2.45) is 5.92 Å². The van der Waals surface area contributed by atoms with Crippen molar-refractivity contribution < 1.29 is 19.1 Å². The van der Waals surface area contributed by atoms with E-state index in [0.29, 0.717) is 13.0 Å². The van der Waals surface area contributed by atoms with Gasteiger partial charge in [0.25, 0.3) is 5.91 Å². The van der Waals surface area contributed by atoms with Crippen LogP contribution >= 0.6 is 11.6 Å². The van der Waals surface area contributed by atoms with E-state index in [1.54, 1.807) is 6.92 Å². The lowest BCUT2D eigenvalue weighted by atomic mass is 9.99. The molecule has 1 heterocycles. The van der Waals surface area contributed by atoms with Crippen molar-refractivity contribution in [3.8, 4) is 0 Å². The first-order valence-electron chi connectivity index (χ1n) is 6.40. The molecule has 2 atom stereocenters. The number of hydrogen-bond donors (Lipinski definition) is 1. The van der Waals surface area contributed by atoms with E-state index in [2.05, 4.69) is 0 Å². The largest absolute Gasteiger partial charge is 0.481 e. The average molecular weight is 300 g/mol. The number of benzene rings is 1. The lowest BCUT2D eigenvalue weighted by molar-refractivity contribution is -0.142. The zero-order chi connectivity index (χ0) is 14.9. The minimum Gasteiger partial charge on any atom is -0.481 e. The Bertz CT molecular complexity index is 549. The van der Waals surface area contributed by atoms with Crippen LogP contribution in [0.1, 0.15) is 30.1 Å². The van der Waals surface area contributed by atoms with E-state index in [1.165, 1.54) is 17.0 Å². The topological polar surface area (TPSA) is 57.6 Å². The molecule has 1 aromatic rings. The number of carboxylic acid groups (broad SMARTS) is 1.